The second-order valence-corrected chi connectivity index (χ2v) is 6.84. The maximum atomic E-state index is 6.08. The molecule has 2 aromatic rings. The molecule has 0 saturated carbocycles. The molecule has 0 radical (unpaired) electrons. The predicted octanol–water partition coefficient (Wildman–Crippen LogP) is 5.02. The van der Waals surface area contributed by atoms with E-state index in [2.05, 4.69) is 71.0 Å². The van der Waals surface area contributed by atoms with E-state index in [1.807, 2.05) is 0 Å². The molecule has 0 bridgehead atoms. The molecule has 0 spiro atoms. The van der Waals surface area contributed by atoms with Gasteiger partial charge in [-0.2, -0.15) is 0 Å². The molecule has 1 nitrogen and oxygen atoms in total. The fourth-order valence-electron chi connectivity index (χ4n) is 3.27. The third kappa shape index (κ3) is 3.78. The molecule has 118 valence electrons. The number of rotatable bonds is 5. The van der Waals surface area contributed by atoms with Crippen LogP contribution in [0.4, 0.5) is 0 Å². The molecule has 2 aromatic carbocycles. The molecule has 0 aliphatic carbocycles. The van der Waals surface area contributed by atoms with Gasteiger partial charge in [0.05, 0.1) is 0 Å². The highest BCUT2D eigenvalue weighted by Crippen LogP contribution is 2.26. The van der Waals surface area contributed by atoms with E-state index in [9.17, 15) is 0 Å². The van der Waals surface area contributed by atoms with E-state index in [1.54, 1.807) is 0 Å². The van der Waals surface area contributed by atoms with Gasteiger partial charge in [0.1, 0.15) is 0 Å². The Bertz CT molecular complexity index is 600. The maximum Gasteiger partial charge on any atom is 0.000177 e. The van der Waals surface area contributed by atoms with Crippen LogP contribution in [0.2, 0.25) is 0 Å². The molecule has 1 unspecified atom stereocenters. The quantitative estimate of drug-likeness (QED) is 0.823. The zero-order chi connectivity index (χ0) is 16.3. The molecule has 22 heavy (non-hydrogen) atoms. The van der Waals surface area contributed by atoms with E-state index < -0.39 is 0 Å². The van der Waals surface area contributed by atoms with Gasteiger partial charge in [0.2, 0.25) is 0 Å². The first-order valence-electron chi connectivity index (χ1n) is 8.29. The molecule has 1 atom stereocenters. The molecular weight excluding hydrogens is 266 g/mol. The van der Waals surface area contributed by atoms with Gasteiger partial charge in [0, 0.05) is 5.92 Å². The van der Waals surface area contributed by atoms with Gasteiger partial charge in [-0.05, 0) is 67.5 Å². The number of aryl methyl sites for hydroxylation is 3. The topological polar surface area (TPSA) is 26.0 Å². The van der Waals surface area contributed by atoms with E-state index >= 15 is 0 Å². The Kier molecular flexibility index (Phi) is 5.42. The Labute approximate surface area is 135 Å². The second kappa shape index (κ2) is 7.11. The minimum atomic E-state index is 0.390. The van der Waals surface area contributed by atoms with Gasteiger partial charge in [0.25, 0.3) is 0 Å². The maximum absolute atomic E-state index is 6.08. The monoisotopic (exact) mass is 295 g/mol. The van der Waals surface area contributed by atoms with Crippen LogP contribution in [0.15, 0.2) is 36.4 Å². The summed E-state index contributed by atoms with van der Waals surface area (Å²) in [6.07, 6.45) is 1.02. The lowest BCUT2D eigenvalue weighted by Crippen LogP contribution is -2.16. The van der Waals surface area contributed by atoms with E-state index in [4.69, 9.17) is 5.73 Å². The summed E-state index contributed by atoms with van der Waals surface area (Å²) in [6, 6.07) is 13.6. The highest BCUT2D eigenvalue weighted by Gasteiger charge is 2.14. The van der Waals surface area contributed by atoms with Crippen LogP contribution >= 0.6 is 0 Å². The van der Waals surface area contributed by atoms with Crippen LogP contribution < -0.4 is 5.73 Å². The second-order valence-electron chi connectivity index (χ2n) is 6.84. The summed E-state index contributed by atoms with van der Waals surface area (Å²) in [7, 11) is 0. The third-order valence-corrected chi connectivity index (χ3v) is 4.65. The molecule has 0 aliphatic rings. The van der Waals surface area contributed by atoms with Gasteiger partial charge in [-0.25, -0.2) is 0 Å². The van der Waals surface area contributed by atoms with Crippen LogP contribution in [0.25, 0.3) is 0 Å². The third-order valence-electron chi connectivity index (χ3n) is 4.65. The molecular formula is C21H29N. The molecule has 1 heteroatoms. The van der Waals surface area contributed by atoms with Crippen LogP contribution in [0, 0.1) is 20.8 Å². The van der Waals surface area contributed by atoms with Crippen molar-refractivity contribution in [3.8, 4) is 0 Å². The highest BCUT2D eigenvalue weighted by molar-refractivity contribution is 5.39. The first-order chi connectivity index (χ1) is 10.4. The van der Waals surface area contributed by atoms with Crippen LogP contribution in [-0.2, 0) is 6.42 Å². The van der Waals surface area contributed by atoms with Crippen molar-refractivity contribution in [2.75, 3.05) is 6.54 Å². The average molecular weight is 295 g/mol. The van der Waals surface area contributed by atoms with Gasteiger partial charge in [0.15, 0.2) is 0 Å². The zero-order valence-corrected chi connectivity index (χ0v) is 14.6. The molecule has 0 fully saturated rings. The van der Waals surface area contributed by atoms with E-state index in [0.29, 0.717) is 18.4 Å². The summed E-state index contributed by atoms with van der Waals surface area (Å²) >= 11 is 0. The highest BCUT2D eigenvalue weighted by atomic mass is 14.5. The van der Waals surface area contributed by atoms with Crippen LogP contribution in [-0.4, -0.2) is 6.54 Å². The first-order valence-corrected chi connectivity index (χ1v) is 8.29. The lowest BCUT2D eigenvalue weighted by Gasteiger charge is -2.20. The fraction of sp³-hybridized carbons (Fsp3) is 0.429. The summed E-state index contributed by atoms with van der Waals surface area (Å²) in [5.74, 6) is 0.966. The van der Waals surface area contributed by atoms with Crippen molar-refractivity contribution < 1.29 is 0 Å². The largest absolute Gasteiger partial charge is 0.330 e. The minimum absolute atomic E-state index is 0.390. The van der Waals surface area contributed by atoms with Crippen LogP contribution in [0.5, 0.6) is 0 Å². The minimum Gasteiger partial charge on any atom is -0.330 e. The van der Waals surface area contributed by atoms with Crippen molar-refractivity contribution >= 4 is 0 Å². The van der Waals surface area contributed by atoms with Crippen molar-refractivity contribution in [1.29, 1.82) is 0 Å². The Morgan fingerprint density at radius 1 is 0.864 bits per heavy atom. The molecule has 0 saturated heterocycles. The van der Waals surface area contributed by atoms with E-state index in [-0.39, 0.29) is 0 Å². The molecule has 0 aromatic heterocycles. The summed E-state index contributed by atoms with van der Waals surface area (Å²) in [4.78, 5) is 0. The smallest absolute Gasteiger partial charge is 0.000177 e. The standard InChI is InChI=1S/C21H29N/c1-14(2)18-6-8-19(9-7-18)20(13-22)12-21-16(4)10-15(3)11-17(21)5/h6-11,14,20H,12-13,22H2,1-5H3. The van der Waals surface area contributed by atoms with Crippen molar-refractivity contribution in [2.45, 2.75) is 52.9 Å². The predicted molar refractivity (Wildman–Crippen MR) is 96.7 cm³/mol. The van der Waals surface area contributed by atoms with Crippen molar-refractivity contribution in [3.63, 3.8) is 0 Å². The lowest BCUT2D eigenvalue weighted by atomic mass is 9.86. The zero-order valence-electron chi connectivity index (χ0n) is 14.6. The van der Waals surface area contributed by atoms with Gasteiger partial charge in [-0.15, -0.1) is 0 Å². The van der Waals surface area contributed by atoms with Crippen molar-refractivity contribution in [2.24, 2.45) is 5.73 Å². The Hall–Kier alpha value is -1.60. The number of hydrogen-bond donors (Lipinski definition) is 1. The first kappa shape index (κ1) is 16.8. The molecule has 2 N–H and O–H groups in total. The Morgan fingerprint density at radius 2 is 1.36 bits per heavy atom. The average Bonchev–Trinajstić information content (AvgIpc) is 2.47. The van der Waals surface area contributed by atoms with Crippen molar-refractivity contribution in [3.05, 3.63) is 69.8 Å². The summed E-state index contributed by atoms with van der Waals surface area (Å²) in [5, 5.41) is 0. The van der Waals surface area contributed by atoms with Gasteiger partial charge in [-0.1, -0.05) is 55.8 Å². The van der Waals surface area contributed by atoms with Crippen molar-refractivity contribution in [1.82, 2.24) is 0 Å². The van der Waals surface area contributed by atoms with E-state index in [0.717, 1.165) is 6.42 Å². The Balaban J connectivity index is 2.26. The molecule has 0 heterocycles. The van der Waals surface area contributed by atoms with Gasteiger partial charge >= 0.3 is 0 Å². The summed E-state index contributed by atoms with van der Waals surface area (Å²) < 4.78 is 0. The SMILES string of the molecule is Cc1cc(C)c(CC(CN)c2ccc(C(C)C)cc2)c(C)c1. The lowest BCUT2D eigenvalue weighted by molar-refractivity contribution is 0.688. The fourth-order valence-corrected chi connectivity index (χ4v) is 3.27. The molecule has 2 rings (SSSR count). The normalized spacial score (nSPS) is 12.7. The number of hydrogen-bond acceptors (Lipinski definition) is 1. The summed E-state index contributed by atoms with van der Waals surface area (Å²) in [5.41, 5.74) is 14.4. The molecule has 0 aliphatic heterocycles. The number of benzene rings is 2. The Morgan fingerprint density at radius 3 is 1.82 bits per heavy atom. The van der Waals surface area contributed by atoms with Gasteiger partial charge < -0.3 is 5.73 Å². The number of nitrogens with two attached hydrogens (primary N) is 1. The molecule has 0 amide bonds. The van der Waals surface area contributed by atoms with Gasteiger partial charge in [-0.3, -0.25) is 0 Å². The summed E-state index contributed by atoms with van der Waals surface area (Å²) in [6.45, 7) is 11.7. The van der Waals surface area contributed by atoms with E-state index in [1.165, 1.54) is 33.4 Å². The van der Waals surface area contributed by atoms with Crippen LogP contribution in [0.1, 0.15) is 59.1 Å². The van der Waals surface area contributed by atoms with Crippen LogP contribution in [0.3, 0.4) is 0 Å².